The average Bonchev–Trinajstić information content (AvgIpc) is 2.40. The Hall–Kier alpha value is -1.59. The monoisotopic (exact) mass is 252 g/mol. The van der Waals surface area contributed by atoms with E-state index in [0.29, 0.717) is 19.8 Å². The summed E-state index contributed by atoms with van der Waals surface area (Å²) in [5, 5.41) is 9.25. The number of carbonyl (C=O) groups is 1. The number of phenolic OH excluding ortho intramolecular Hbond substituents is 1. The summed E-state index contributed by atoms with van der Waals surface area (Å²) in [5.41, 5.74) is 0.783. The molecule has 18 heavy (non-hydrogen) atoms. The molecule has 0 saturated carbocycles. The fraction of sp³-hybridized carbons (Fsp3) is 0.462. The van der Waals surface area contributed by atoms with E-state index in [1.807, 2.05) is 0 Å². The molecule has 1 saturated heterocycles. The molecule has 2 atom stereocenters. The third-order valence-corrected chi connectivity index (χ3v) is 2.69. The van der Waals surface area contributed by atoms with E-state index in [9.17, 15) is 9.90 Å². The summed E-state index contributed by atoms with van der Waals surface area (Å²) >= 11 is 0. The molecule has 0 radical (unpaired) electrons. The maximum Gasteiger partial charge on any atom is 0.338 e. The Labute approximate surface area is 105 Å². The Balaban J connectivity index is 2.17. The SMILES string of the molecule is CCOC(=O)C1OCCOC1c1ccc(O)cc1. The lowest BCUT2D eigenvalue weighted by atomic mass is 10.0. The minimum Gasteiger partial charge on any atom is -0.508 e. The standard InChI is InChI=1S/C13H16O5/c1-2-16-13(15)12-11(17-7-8-18-12)9-3-5-10(14)6-4-9/h3-6,11-12,14H,2,7-8H2,1H3. The van der Waals surface area contributed by atoms with Crippen molar-refractivity contribution in [3.8, 4) is 5.75 Å². The lowest BCUT2D eigenvalue weighted by Gasteiger charge is -2.30. The molecule has 1 fully saturated rings. The van der Waals surface area contributed by atoms with Gasteiger partial charge >= 0.3 is 5.97 Å². The van der Waals surface area contributed by atoms with Crippen molar-refractivity contribution < 1.29 is 24.1 Å². The first-order valence-corrected chi connectivity index (χ1v) is 5.91. The maximum absolute atomic E-state index is 11.8. The number of phenols is 1. The van der Waals surface area contributed by atoms with Crippen molar-refractivity contribution in [1.82, 2.24) is 0 Å². The minimum absolute atomic E-state index is 0.170. The topological polar surface area (TPSA) is 65.0 Å². The van der Waals surface area contributed by atoms with E-state index in [-0.39, 0.29) is 5.75 Å². The molecule has 1 aliphatic heterocycles. The van der Waals surface area contributed by atoms with Gasteiger partial charge in [-0.1, -0.05) is 12.1 Å². The van der Waals surface area contributed by atoms with Crippen LogP contribution in [0.2, 0.25) is 0 Å². The van der Waals surface area contributed by atoms with Crippen LogP contribution in [0.3, 0.4) is 0 Å². The van der Waals surface area contributed by atoms with Crippen molar-refractivity contribution in [1.29, 1.82) is 0 Å². The van der Waals surface area contributed by atoms with Crippen molar-refractivity contribution in [3.63, 3.8) is 0 Å². The van der Waals surface area contributed by atoms with Crippen LogP contribution in [0.5, 0.6) is 5.75 Å². The molecule has 0 aliphatic carbocycles. The molecular weight excluding hydrogens is 236 g/mol. The quantitative estimate of drug-likeness (QED) is 0.824. The van der Waals surface area contributed by atoms with Crippen LogP contribution in [0.15, 0.2) is 24.3 Å². The highest BCUT2D eigenvalue weighted by molar-refractivity contribution is 5.76. The third-order valence-electron chi connectivity index (χ3n) is 2.69. The van der Waals surface area contributed by atoms with Gasteiger partial charge in [0.25, 0.3) is 0 Å². The van der Waals surface area contributed by atoms with Crippen molar-refractivity contribution in [2.45, 2.75) is 19.1 Å². The van der Waals surface area contributed by atoms with Gasteiger partial charge in [-0.2, -0.15) is 0 Å². The van der Waals surface area contributed by atoms with Crippen molar-refractivity contribution in [2.24, 2.45) is 0 Å². The van der Waals surface area contributed by atoms with Crippen LogP contribution in [-0.4, -0.2) is 37.0 Å². The number of ether oxygens (including phenoxy) is 3. The number of aromatic hydroxyl groups is 1. The van der Waals surface area contributed by atoms with Crippen LogP contribution >= 0.6 is 0 Å². The normalized spacial score (nSPS) is 23.6. The van der Waals surface area contributed by atoms with Gasteiger partial charge < -0.3 is 19.3 Å². The van der Waals surface area contributed by atoms with E-state index < -0.39 is 18.2 Å². The van der Waals surface area contributed by atoms with Gasteiger partial charge in [0.2, 0.25) is 0 Å². The fourth-order valence-corrected chi connectivity index (χ4v) is 1.88. The van der Waals surface area contributed by atoms with E-state index in [4.69, 9.17) is 14.2 Å². The van der Waals surface area contributed by atoms with Crippen LogP contribution in [0.1, 0.15) is 18.6 Å². The predicted octanol–water partition coefficient (Wildman–Crippen LogP) is 1.41. The first-order valence-electron chi connectivity index (χ1n) is 5.91. The molecule has 0 amide bonds. The van der Waals surface area contributed by atoms with E-state index in [1.165, 1.54) is 0 Å². The molecule has 2 unspecified atom stereocenters. The van der Waals surface area contributed by atoms with Gasteiger partial charge in [0, 0.05) is 0 Å². The molecular formula is C13H16O5. The van der Waals surface area contributed by atoms with Gasteiger partial charge in [0.15, 0.2) is 6.10 Å². The molecule has 0 bridgehead atoms. The Morgan fingerprint density at radius 3 is 2.67 bits per heavy atom. The van der Waals surface area contributed by atoms with Gasteiger partial charge in [-0.05, 0) is 24.6 Å². The molecule has 0 aromatic heterocycles. The van der Waals surface area contributed by atoms with Gasteiger partial charge in [0.1, 0.15) is 11.9 Å². The van der Waals surface area contributed by atoms with E-state index in [1.54, 1.807) is 31.2 Å². The summed E-state index contributed by atoms with van der Waals surface area (Å²) in [6.45, 7) is 2.86. The van der Waals surface area contributed by atoms with Crippen LogP contribution in [0.25, 0.3) is 0 Å². The molecule has 2 rings (SSSR count). The van der Waals surface area contributed by atoms with Crippen molar-refractivity contribution >= 4 is 5.97 Å². The number of rotatable bonds is 3. The van der Waals surface area contributed by atoms with Crippen LogP contribution in [-0.2, 0) is 19.0 Å². The molecule has 98 valence electrons. The predicted molar refractivity (Wildman–Crippen MR) is 63.2 cm³/mol. The molecule has 1 N–H and O–H groups in total. The molecule has 5 nitrogen and oxygen atoms in total. The highest BCUT2D eigenvalue weighted by Crippen LogP contribution is 2.28. The Morgan fingerprint density at radius 1 is 1.33 bits per heavy atom. The van der Waals surface area contributed by atoms with Gasteiger partial charge in [0.05, 0.1) is 19.8 Å². The zero-order valence-corrected chi connectivity index (χ0v) is 10.2. The van der Waals surface area contributed by atoms with Gasteiger partial charge in [-0.3, -0.25) is 0 Å². The minimum atomic E-state index is -0.747. The largest absolute Gasteiger partial charge is 0.508 e. The zero-order chi connectivity index (χ0) is 13.0. The Kier molecular flexibility index (Phi) is 4.17. The second-order valence-corrected chi connectivity index (χ2v) is 3.93. The van der Waals surface area contributed by atoms with E-state index >= 15 is 0 Å². The number of hydrogen-bond donors (Lipinski definition) is 1. The highest BCUT2D eigenvalue weighted by Gasteiger charge is 2.35. The van der Waals surface area contributed by atoms with E-state index in [2.05, 4.69) is 0 Å². The fourth-order valence-electron chi connectivity index (χ4n) is 1.88. The lowest BCUT2D eigenvalue weighted by molar-refractivity contribution is -0.186. The number of hydrogen-bond acceptors (Lipinski definition) is 5. The molecule has 1 aliphatic rings. The molecule has 1 heterocycles. The average molecular weight is 252 g/mol. The highest BCUT2D eigenvalue weighted by atomic mass is 16.6. The lowest BCUT2D eigenvalue weighted by Crippen LogP contribution is -2.39. The Bertz CT molecular complexity index is 400. The first-order chi connectivity index (χ1) is 8.72. The number of carbonyl (C=O) groups excluding carboxylic acids is 1. The van der Waals surface area contributed by atoms with Crippen molar-refractivity contribution in [3.05, 3.63) is 29.8 Å². The zero-order valence-electron chi connectivity index (χ0n) is 10.2. The summed E-state index contributed by atoms with van der Waals surface area (Å²) in [4.78, 5) is 11.8. The summed E-state index contributed by atoms with van der Waals surface area (Å²) in [7, 11) is 0. The molecule has 1 aromatic rings. The summed E-state index contributed by atoms with van der Waals surface area (Å²) < 4.78 is 16.0. The second kappa shape index (κ2) is 5.84. The van der Waals surface area contributed by atoms with Crippen molar-refractivity contribution in [2.75, 3.05) is 19.8 Å². The summed E-state index contributed by atoms with van der Waals surface area (Å²) in [6.07, 6.45) is -1.23. The molecule has 1 aromatic carbocycles. The number of esters is 1. The third kappa shape index (κ3) is 2.80. The van der Waals surface area contributed by atoms with Crippen LogP contribution in [0, 0.1) is 0 Å². The Morgan fingerprint density at radius 2 is 2.00 bits per heavy atom. The number of benzene rings is 1. The van der Waals surface area contributed by atoms with Gasteiger partial charge in [-0.15, -0.1) is 0 Å². The van der Waals surface area contributed by atoms with Crippen LogP contribution in [0.4, 0.5) is 0 Å². The second-order valence-electron chi connectivity index (χ2n) is 3.93. The summed E-state index contributed by atoms with van der Waals surface area (Å²) in [6, 6.07) is 6.52. The maximum atomic E-state index is 11.8. The first kappa shape index (κ1) is 12.9. The van der Waals surface area contributed by atoms with Crippen LogP contribution < -0.4 is 0 Å². The van der Waals surface area contributed by atoms with E-state index in [0.717, 1.165) is 5.56 Å². The van der Waals surface area contributed by atoms with Gasteiger partial charge in [-0.25, -0.2) is 4.79 Å². The summed E-state index contributed by atoms with van der Waals surface area (Å²) in [5.74, 6) is -0.251. The smallest absolute Gasteiger partial charge is 0.338 e. The molecule has 5 heteroatoms. The molecule has 0 spiro atoms.